The van der Waals surface area contributed by atoms with Gasteiger partial charge in [-0.15, -0.1) is 5.17 Å². The number of carbonyl (C=O) groups excluding carboxylic acids is 3. The summed E-state index contributed by atoms with van der Waals surface area (Å²) in [5.74, 6) is 4.79. The summed E-state index contributed by atoms with van der Waals surface area (Å²) in [5, 5.41) is 0.871. The van der Waals surface area contributed by atoms with Crippen LogP contribution in [0.2, 0.25) is 0 Å². The van der Waals surface area contributed by atoms with Crippen molar-refractivity contribution in [3.05, 3.63) is 96.1 Å². The number of hydrogen-bond acceptors (Lipinski definition) is 9. The highest BCUT2D eigenvalue weighted by molar-refractivity contribution is 6.00. The van der Waals surface area contributed by atoms with Gasteiger partial charge in [-0.05, 0) is 42.5 Å². The molecule has 9 nitrogen and oxygen atoms in total. The second-order valence-corrected chi connectivity index (χ2v) is 14.5. The first kappa shape index (κ1) is 44.0. The van der Waals surface area contributed by atoms with Gasteiger partial charge in [0.15, 0.2) is 5.41 Å². The van der Waals surface area contributed by atoms with E-state index in [2.05, 4.69) is 6.92 Å². The number of carbonyl (C=O) groups is 3. The minimum atomic E-state index is -1.51. The Hall–Kier alpha value is -4.37. The van der Waals surface area contributed by atoms with Crippen LogP contribution in [-0.2, 0) is 41.9 Å². The lowest BCUT2D eigenvalue weighted by atomic mass is 9.77. The lowest BCUT2D eigenvalue weighted by molar-refractivity contribution is -0.176. The van der Waals surface area contributed by atoms with Crippen molar-refractivity contribution in [1.82, 2.24) is 0 Å². The molecule has 9 heteroatoms. The van der Waals surface area contributed by atoms with Crippen molar-refractivity contribution in [2.45, 2.75) is 149 Å². The first-order valence-electron chi connectivity index (χ1n) is 20.4. The Morgan fingerprint density at radius 2 is 1.00 bits per heavy atom. The van der Waals surface area contributed by atoms with E-state index in [0.29, 0.717) is 50.1 Å². The van der Waals surface area contributed by atoms with Crippen LogP contribution in [-0.4, -0.2) is 17.9 Å². The van der Waals surface area contributed by atoms with Gasteiger partial charge in [-0.2, -0.15) is 0 Å². The minimum Gasteiger partial charge on any atom is -0.461 e. The normalized spacial score (nSPS) is 12.1. The Balaban J connectivity index is 1.55. The Labute approximate surface area is 324 Å². The molecule has 0 saturated carbocycles. The minimum absolute atomic E-state index is 0.0647. The number of ether oxygens (including phenoxy) is 2. The second kappa shape index (κ2) is 26.4. The summed E-state index contributed by atoms with van der Waals surface area (Å²) in [5.41, 5.74) is 7.15. The Morgan fingerprint density at radius 1 is 0.556 bits per heavy atom. The summed E-state index contributed by atoms with van der Waals surface area (Å²) in [6, 6.07) is 26.1. The standard InChI is InChI=1S/C45H65N3O6/c1-2-3-4-5-6-8-11-14-25-34-45(43(50)53-37-39-29-20-17-21-30-39,44(51)54-48(47)41-32-24-23-31-40(41)46)35-26-15-12-9-7-10-13-22-33-42(49)52-36-38-27-18-16-19-28-38/h16-21,23-24,27-32H,2-15,22,25-26,33-37,46-47H2,1H3. The number of para-hydroxylation sites is 2. The molecule has 0 spiro atoms. The molecule has 54 heavy (non-hydrogen) atoms. The zero-order chi connectivity index (χ0) is 38.7. The van der Waals surface area contributed by atoms with Crippen LogP contribution >= 0.6 is 0 Å². The molecular formula is C45H65N3O6. The van der Waals surface area contributed by atoms with Crippen molar-refractivity contribution in [3.63, 3.8) is 0 Å². The van der Waals surface area contributed by atoms with Crippen molar-refractivity contribution < 1.29 is 28.7 Å². The van der Waals surface area contributed by atoms with Gasteiger partial charge in [0.1, 0.15) is 18.9 Å². The number of unbranched alkanes of at least 4 members (excludes halogenated alkanes) is 15. The maximum absolute atomic E-state index is 14.2. The molecule has 3 rings (SSSR count). The molecule has 0 amide bonds. The van der Waals surface area contributed by atoms with Crippen LogP contribution in [0.1, 0.15) is 146 Å². The molecule has 0 fully saturated rings. The molecule has 0 bridgehead atoms. The molecule has 296 valence electrons. The number of benzene rings is 3. The Kier molecular flexibility index (Phi) is 21.5. The fourth-order valence-electron chi connectivity index (χ4n) is 6.70. The largest absolute Gasteiger partial charge is 0.461 e. The number of rotatable bonds is 29. The molecular weight excluding hydrogens is 679 g/mol. The maximum Gasteiger partial charge on any atom is 0.351 e. The molecule has 1 unspecified atom stereocenters. The quantitative estimate of drug-likeness (QED) is 0.0178. The van der Waals surface area contributed by atoms with Crippen molar-refractivity contribution in [1.29, 1.82) is 0 Å². The zero-order valence-electron chi connectivity index (χ0n) is 32.7. The summed E-state index contributed by atoms with van der Waals surface area (Å²) < 4.78 is 11.3. The van der Waals surface area contributed by atoms with E-state index in [0.717, 1.165) is 80.5 Å². The van der Waals surface area contributed by atoms with Crippen LogP contribution in [0.15, 0.2) is 84.9 Å². The van der Waals surface area contributed by atoms with Crippen LogP contribution in [0.3, 0.4) is 0 Å². The van der Waals surface area contributed by atoms with Gasteiger partial charge in [0.05, 0.1) is 5.69 Å². The summed E-state index contributed by atoms with van der Waals surface area (Å²) in [6.07, 6.45) is 18.5. The number of hydrazine groups is 1. The summed E-state index contributed by atoms with van der Waals surface area (Å²) >= 11 is 0. The van der Waals surface area contributed by atoms with Crippen LogP contribution in [0, 0.1) is 5.41 Å². The van der Waals surface area contributed by atoms with E-state index in [1.165, 1.54) is 32.1 Å². The molecule has 0 aliphatic rings. The van der Waals surface area contributed by atoms with Gasteiger partial charge in [-0.25, -0.2) is 10.6 Å². The van der Waals surface area contributed by atoms with Crippen molar-refractivity contribution in [2.24, 2.45) is 11.3 Å². The average molecular weight is 744 g/mol. The van der Waals surface area contributed by atoms with E-state index < -0.39 is 17.4 Å². The fraction of sp³-hybridized carbons (Fsp3) is 0.533. The molecule has 3 aromatic rings. The van der Waals surface area contributed by atoms with E-state index in [9.17, 15) is 14.4 Å². The third-order valence-corrected chi connectivity index (χ3v) is 10.0. The number of nitrogens with zero attached hydrogens (tertiary/aromatic N) is 1. The van der Waals surface area contributed by atoms with Gasteiger partial charge < -0.3 is 20.0 Å². The first-order valence-corrected chi connectivity index (χ1v) is 20.4. The summed E-state index contributed by atoms with van der Waals surface area (Å²) in [6.45, 7) is 2.60. The van der Waals surface area contributed by atoms with Gasteiger partial charge in [0.25, 0.3) is 0 Å². The lowest BCUT2D eigenvalue weighted by Crippen LogP contribution is -2.47. The predicted octanol–water partition coefficient (Wildman–Crippen LogP) is 10.7. The van der Waals surface area contributed by atoms with E-state index in [4.69, 9.17) is 25.9 Å². The van der Waals surface area contributed by atoms with Crippen LogP contribution in [0.25, 0.3) is 0 Å². The SMILES string of the molecule is CCCCCCCCCCCC(CCCCCCCCCCC(=O)OCc1ccccc1)(C(=O)OCc1ccccc1)C(=O)ON(N)c1ccccc1N. The third kappa shape index (κ3) is 16.8. The topological polar surface area (TPSA) is 134 Å². The number of nitrogen functional groups attached to an aromatic ring is 1. The number of anilines is 2. The third-order valence-electron chi connectivity index (χ3n) is 10.0. The van der Waals surface area contributed by atoms with Crippen molar-refractivity contribution >= 4 is 29.3 Å². The van der Waals surface area contributed by atoms with Crippen LogP contribution in [0.5, 0.6) is 0 Å². The number of hydrogen-bond donors (Lipinski definition) is 2. The van der Waals surface area contributed by atoms with E-state index in [1.54, 1.807) is 24.3 Å². The Bertz CT molecular complexity index is 1470. The second-order valence-electron chi connectivity index (χ2n) is 14.5. The zero-order valence-corrected chi connectivity index (χ0v) is 32.7. The van der Waals surface area contributed by atoms with Crippen LogP contribution in [0.4, 0.5) is 11.4 Å². The van der Waals surface area contributed by atoms with E-state index in [1.807, 2.05) is 60.7 Å². The van der Waals surface area contributed by atoms with Crippen LogP contribution < -0.4 is 16.7 Å². The summed E-state index contributed by atoms with van der Waals surface area (Å²) in [7, 11) is 0. The molecule has 0 aliphatic heterocycles. The molecule has 0 heterocycles. The monoisotopic (exact) mass is 743 g/mol. The molecule has 0 radical (unpaired) electrons. The molecule has 3 aromatic carbocycles. The highest BCUT2D eigenvalue weighted by Gasteiger charge is 2.49. The van der Waals surface area contributed by atoms with Gasteiger partial charge >= 0.3 is 17.9 Å². The molecule has 4 N–H and O–H groups in total. The van der Waals surface area contributed by atoms with Gasteiger partial charge in [-0.1, -0.05) is 182 Å². The van der Waals surface area contributed by atoms with E-state index in [-0.39, 0.29) is 12.6 Å². The maximum atomic E-state index is 14.2. The molecule has 1 atom stereocenters. The van der Waals surface area contributed by atoms with Gasteiger partial charge in [0.2, 0.25) is 0 Å². The van der Waals surface area contributed by atoms with Crippen molar-refractivity contribution in [2.75, 3.05) is 10.9 Å². The van der Waals surface area contributed by atoms with Crippen molar-refractivity contribution in [3.8, 4) is 0 Å². The van der Waals surface area contributed by atoms with E-state index >= 15 is 0 Å². The van der Waals surface area contributed by atoms with Gasteiger partial charge in [-0.3, -0.25) is 9.59 Å². The first-order chi connectivity index (χ1) is 26.4. The predicted molar refractivity (Wildman–Crippen MR) is 217 cm³/mol. The lowest BCUT2D eigenvalue weighted by Gasteiger charge is -2.31. The number of esters is 2. The van der Waals surface area contributed by atoms with Gasteiger partial charge in [0, 0.05) is 6.42 Å². The molecule has 0 aromatic heterocycles. The smallest absolute Gasteiger partial charge is 0.351 e. The average Bonchev–Trinajstić information content (AvgIpc) is 3.19. The highest BCUT2D eigenvalue weighted by Crippen LogP contribution is 2.37. The summed E-state index contributed by atoms with van der Waals surface area (Å²) in [4.78, 5) is 46.2. The molecule has 0 saturated heterocycles. The Morgan fingerprint density at radius 3 is 1.52 bits per heavy atom. The molecule has 0 aliphatic carbocycles. The number of nitrogens with two attached hydrogens (primary N) is 2. The highest BCUT2D eigenvalue weighted by atomic mass is 16.7. The fourth-order valence-corrected chi connectivity index (χ4v) is 6.70.